The molecule has 1 aromatic heterocycles. The lowest BCUT2D eigenvalue weighted by Crippen LogP contribution is -2.30. The average molecular weight is 348 g/mol. The van der Waals surface area contributed by atoms with Crippen molar-refractivity contribution in [3.63, 3.8) is 0 Å². The van der Waals surface area contributed by atoms with Crippen LogP contribution < -0.4 is 10.9 Å². The second kappa shape index (κ2) is 7.96. The van der Waals surface area contributed by atoms with Gasteiger partial charge in [-0.2, -0.15) is 0 Å². The Labute approximate surface area is 146 Å². The van der Waals surface area contributed by atoms with Crippen LogP contribution >= 0.6 is 11.5 Å². The first kappa shape index (κ1) is 17.2. The molecule has 0 aliphatic heterocycles. The Morgan fingerprint density at radius 1 is 1.25 bits per heavy atom. The lowest BCUT2D eigenvalue weighted by atomic mass is 9.93. The van der Waals surface area contributed by atoms with Gasteiger partial charge in [-0.25, -0.2) is 0 Å². The Balaban J connectivity index is 1.90. The molecular formula is C18H24N2O3S. The Morgan fingerprint density at radius 3 is 2.62 bits per heavy atom. The standard InChI is InChI=1S/C18H24N2O3S/c1-23-12-11-20-18(22)16(19-14-7-9-15(21)10-8-14)17(24-20)13-5-3-2-4-6-13/h2-6,14-15,19,21H,7-12H2,1H3. The van der Waals surface area contributed by atoms with E-state index in [1.165, 1.54) is 11.5 Å². The number of nitrogens with one attached hydrogen (secondary N) is 1. The second-order valence-corrected chi connectivity index (χ2v) is 7.24. The molecule has 1 saturated carbocycles. The number of hydrogen-bond donors (Lipinski definition) is 2. The minimum absolute atomic E-state index is 0.0158. The van der Waals surface area contributed by atoms with E-state index in [1.54, 1.807) is 11.1 Å². The maximum absolute atomic E-state index is 12.8. The van der Waals surface area contributed by atoms with Crippen molar-refractivity contribution in [3.8, 4) is 10.4 Å². The van der Waals surface area contributed by atoms with Crippen molar-refractivity contribution in [2.45, 2.75) is 44.4 Å². The number of aliphatic hydroxyl groups excluding tert-OH is 1. The van der Waals surface area contributed by atoms with Crippen LogP contribution in [0.2, 0.25) is 0 Å². The van der Waals surface area contributed by atoms with E-state index in [1.807, 2.05) is 30.3 Å². The molecule has 0 amide bonds. The highest BCUT2D eigenvalue weighted by Gasteiger charge is 2.23. The predicted octanol–water partition coefficient (Wildman–Crippen LogP) is 2.94. The summed E-state index contributed by atoms with van der Waals surface area (Å²) in [6.07, 6.45) is 3.17. The zero-order valence-electron chi connectivity index (χ0n) is 13.9. The maximum atomic E-state index is 12.8. The van der Waals surface area contributed by atoms with Crippen molar-refractivity contribution in [1.82, 2.24) is 3.96 Å². The van der Waals surface area contributed by atoms with Gasteiger partial charge in [0.15, 0.2) is 0 Å². The first-order valence-corrected chi connectivity index (χ1v) is 9.19. The fourth-order valence-corrected chi connectivity index (χ4v) is 4.12. The van der Waals surface area contributed by atoms with Crippen LogP contribution in [0.25, 0.3) is 10.4 Å². The quantitative estimate of drug-likeness (QED) is 0.842. The van der Waals surface area contributed by atoms with E-state index in [-0.39, 0.29) is 17.7 Å². The van der Waals surface area contributed by atoms with Gasteiger partial charge in [0, 0.05) is 13.2 Å². The Hall–Kier alpha value is -1.63. The third kappa shape index (κ3) is 3.88. The van der Waals surface area contributed by atoms with Gasteiger partial charge in [0.25, 0.3) is 5.56 Å². The zero-order valence-corrected chi connectivity index (χ0v) is 14.7. The molecule has 0 spiro atoms. The topological polar surface area (TPSA) is 63.5 Å². The number of benzene rings is 1. The molecule has 2 N–H and O–H groups in total. The molecule has 130 valence electrons. The van der Waals surface area contributed by atoms with Crippen molar-refractivity contribution in [1.29, 1.82) is 0 Å². The molecule has 0 bridgehead atoms. The molecule has 1 aliphatic carbocycles. The molecule has 1 aliphatic rings. The highest BCUT2D eigenvalue weighted by molar-refractivity contribution is 7.10. The summed E-state index contributed by atoms with van der Waals surface area (Å²) >= 11 is 1.48. The molecule has 0 saturated heterocycles. The highest BCUT2D eigenvalue weighted by Crippen LogP contribution is 2.32. The van der Waals surface area contributed by atoms with Gasteiger partial charge in [-0.3, -0.25) is 8.75 Å². The van der Waals surface area contributed by atoms with Gasteiger partial charge in [-0.1, -0.05) is 41.9 Å². The SMILES string of the molecule is COCCn1sc(-c2ccccc2)c(NC2CCC(O)CC2)c1=O. The van der Waals surface area contributed by atoms with Crippen LogP contribution in [0.1, 0.15) is 25.7 Å². The van der Waals surface area contributed by atoms with E-state index < -0.39 is 0 Å². The van der Waals surface area contributed by atoms with Gasteiger partial charge in [0.05, 0.1) is 24.1 Å². The van der Waals surface area contributed by atoms with Crippen molar-refractivity contribution in [2.75, 3.05) is 19.0 Å². The van der Waals surface area contributed by atoms with Gasteiger partial charge >= 0.3 is 0 Å². The number of aromatic nitrogens is 1. The van der Waals surface area contributed by atoms with Crippen molar-refractivity contribution < 1.29 is 9.84 Å². The van der Waals surface area contributed by atoms with Crippen molar-refractivity contribution in [3.05, 3.63) is 40.7 Å². The highest BCUT2D eigenvalue weighted by atomic mass is 32.1. The number of hydrogen-bond acceptors (Lipinski definition) is 5. The number of methoxy groups -OCH3 is 1. The van der Waals surface area contributed by atoms with E-state index in [9.17, 15) is 9.90 Å². The molecular weight excluding hydrogens is 324 g/mol. The smallest absolute Gasteiger partial charge is 0.284 e. The Morgan fingerprint density at radius 2 is 1.96 bits per heavy atom. The van der Waals surface area contributed by atoms with E-state index in [0.29, 0.717) is 18.8 Å². The number of nitrogens with zero attached hydrogens (tertiary/aromatic N) is 1. The minimum Gasteiger partial charge on any atom is -0.393 e. The van der Waals surface area contributed by atoms with E-state index in [2.05, 4.69) is 5.32 Å². The molecule has 2 aromatic rings. The van der Waals surface area contributed by atoms with Gasteiger partial charge in [0.1, 0.15) is 5.69 Å². The summed E-state index contributed by atoms with van der Waals surface area (Å²) in [5.41, 5.74) is 1.75. The summed E-state index contributed by atoms with van der Waals surface area (Å²) in [5.74, 6) is 0. The molecule has 1 fully saturated rings. The summed E-state index contributed by atoms with van der Waals surface area (Å²) in [6.45, 7) is 1.08. The molecule has 0 unspecified atom stereocenters. The first-order valence-electron chi connectivity index (χ1n) is 8.42. The van der Waals surface area contributed by atoms with E-state index in [4.69, 9.17) is 4.74 Å². The molecule has 5 nitrogen and oxygen atoms in total. The fraction of sp³-hybridized carbons (Fsp3) is 0.500. The van der Waals surface area contributed by atoms with Crippen LogP contribution in [0, 0.1) is 0 Å². The minimum atomic E-state index is -0.197. The summed E-state index contributed by atoms with van der Waals surface area (Å²) in [5, 5.41) is 13.1. The summed E-state index contributed by atoms with van der Waals surface area (Å²) in [7, 11) is 1.64. The fourth-order valence-electron chi connectivity index (χ4n) is 3.08. The molecule has 24 heavy (non-hydrogen) atoms. The molecule has 3 rings (SSSR count). The Kier molecular flexibility index (Phi) is 5.71. The van der Waals surface area contributed by atoms with Crippen LogP contribution in [0.15, 0.2) is 35.1 Å². The average Bonchev–Trinajstić information content (AvgIpc) is 2.92. The van der Waals surface area contributed by atoms with Crippen LogP contribution in [0.3, 0.4) is 0 Å². The Bertz CT molecular complexity index is 703. The van der Waals surface area contributed by atoms with Gasteiger partial charge in [-0.15, -0.1) is 0 Å². The second-order valence-electron chi connectivity index (χ2n) is 6.21. The van der Waals surface area contributed by atoms with Gasteiger partial charge < -0.3 is 15.2 Å². The lowest BCUT2D eigenvalue weighted by Gasteiger charge is -2.26. The van der Waals surface area contributed by atoms with Crippen LogP contribution in [0.5, 0.6) is 0 Å². The lowest BCUT2D eigenvalue weighted by molar-refractivity contribution is 0.126. The monoisotopic (exact) mass is 348 g/mol. The summed E-state index contributed by atoms with van der Waals surface area (Å²) in [6, 6.07) is 10.3. The van der Waals surface area contributed by atoms with Crippen LogP contribution in [0.4, 0.5) is 5.69 Å². The largest absolute Gasteiger partial charge is 0.393 e. The number of aliphatic hydroxyl groups is 1. The number of ether oxygens (including phenoxy) is 1. The third-order valence-electron chi connectivity index (χ3n) is 4.45. The predicted molar refractivity (Wildman–Crippen MR) is 97.8 cm³/mol. The molecule has 1 heterocycles. The number of rotatable bonds is 6. The van der Waals surface area contributed by atoms with Gasteiger partial charge in [-0.05, 0) is 31.2 Å². The van der Waals surface area contributed by atoms with Crippen LogP contribution in [-0.4, -0.2) is 34.9 Å². The summed E-state index contributed by atoms with van der Waals surface area (Å²) < 4.78 is 6.87. The van der Waals surface area contributed by atoms with E-state index in [0.717, 1.165) is 36.1 Å². The zero-order chi connectivity index (χ0) is 16.9. The molecule has 6 heteroatoms. The summed E-state index contributed by atoms with van der Waals surface area (Å²) in [4.78, 5) is 13.8. The third-order valence-corrected chi connectivity index (χ3v) is 5.64. The van der Waals surface area contributed by atoms with E-state index >= 15 is 0 Å². The van der Waals surface area contributed by atoms with Crippen molar-refractivity contribution >= 4 is 17.2 Å². The number of anilines is 1. The molecule has 1 aromatic carbocycles. The molecule has 0 atom stereocenters. The first-order chi connectivity index (χ1) is 11.7. The van der Waals surface area contributed by atoms with Crippen molar-refractivity contribution in [2.24, 2.45) is 0 Å². The van der Waals surface area contributed by atoms with Crippen LogP contribution in [-0.2, 0) is 11.3 Å². The normalized spacial score (nSPS) is 20.9. The maximum Gasteiger partial charge on any atom is 0.284 e. The molecule has 0 radical (unpaired) electrons. The van der Waals surface area contributed by atoms with Gasteiger partial charge in [0.2, 0.25) is 0 Å².